The van der Waals surface area contributed by atoms with Crippen LogP contribution in [0, 0.1) is 0 Å². The molecule has 0 bridgehead atoms. The van der Waals surface area contributed by atoms with E-state index in [1.54, 1.807) is 30.3 Å². The number of hydrogen-bond acceptors (Lipinski definition) is 5. The van der Waals surface area contributed by atoms with Gasteiger partial charge in [0.15, 0.2) is 21.5 Å². The third-order valence-corrected chi connectivity index (χ3v) is 6.19. The molecule has 0 saturated carbocycles. The van der Waals surface area contributed by atoms with Gasteiger partial charge in [-0.2, -0.15) is 13.2 Å². The average Bonchev–Trinajstić information content (AvgIpc) is 3.13. The predicted octanol–water partition coefficient (Wildman–Crippen LogP) is 3.08. The number of aliphatic imine (C=N–C) groups is 1. The van der Waals surface area contributed by atoms with Crippen molar-refractivity contribution in [1.82, 2.24) is 15.6 Å². The third kappa shape index (κ3) is 6.79. The van der Waals surface area contributed by atoms with Crippen LogP contribution < -0.4 is 10.6 Å². The van der Waals surface area contributed by atoms with Crippen LogP contribution in [0.3, 0.4) is 0 Å². The van der Waals surface area contributed by atoms with Crippen LogP contribution >= 0.6 is 11.3 Å². The SMILES string of the molecule is CCNC(=NCc1nc(C(F)(F)F)cs1)NCCCS(=O)(=O)c1ccccc1. The van der Waals surface area contributed by atoms with E-state index in [2.05, 4.69) is 20.6 Å². The second-order valence-electron chi connectivity index (χ2n) is 5.73. The van der Waals surface area contributed by atoms with Crippen LogP contribution in [0.25, 0.3) is 0 Å². The number of nitrogens with one attached hydrogen (secondary N) is 2. The van der Waals surface area contributed by atoms with Gasteiger partial charge in [-0.25, -0.2) is 18.4 Å². The Morgan fingerprint density at radius 3 is 2.54 bits per heavy atom. The minimum atomic E-state index is -4.47. The molecule has 0 aliphatic heterocycles. The summed E-state index contributed by atoms with van der Waals surface area (Å²) in [6, 6.07) is 8.20. The minimum absolute atomic E-state index is 0.00159. The summed E-state index contributed by atoms with van der Waals surface area (Å²) < 4.78 is 62.2. The molecular weight excluding hydrogens is 413 g/mol. The van der Waals surface area contributed by atoms with Gasteiger partial charge in [0.05, 0.1) is 17.2 Å². The van der Waals surface area contributed by atoms with E-state index in [1.807, 2.05) is 6.92 Å². The van der Waals surface area contributed by atoms with Crippen LogP contribution in [-0.2, 0) is 22.6 Å². The molecule has 1 heterocycles. The number of sulfone groups is 1. The largest absolute Gasteiger partial charge is 0.434 e. The zero-order chi connectivity index (χ0) is 20.6. The normalized spacial score (nSPS) is 12.8. The predicted molar refractivity (Wildman–Crippen MR) is 103 cm³/mol. The summed E-state index contributed by atoms with van der Waals surface area (Å²) >= 11 is 0.893. The number of hydrogen-bond donors (Lipinski definition) is 2. The van der Waals surface area contributed by atoms with Crippen LogP contribution in [0.1, 0.15) is 24.0 Å². The molecule has 0 atom stereocenters. The number of guanidine groups is 1. The third-order valence-electron chi connectivity index (χ3n) is 3.54. The topological polar surface area (TPSA) is 83.4 Å². The van der Waals surface area contributed by atoms with E-state index >= 15 is 0 Å². The molecule has 1 aromatic carbocycles. The second-order valence-corrected chi connectivity index (χ2v) is 8.78. The summed E-state index contributed by atoms with van der Waals surface area (Å²) in [6.45, 7) is 2.75. The summed E-state index contributed by atoms with van der Waals surface area (Å²) in [6.07, 6.45) is -4.11. The number of rotatable bonds is 8. The minimum Gasteiger partial charge on any atom is -0.357 e. The highest BCUT2D eigenvalue weighted by Gasteiger charge is 2.33. The first kappa shape index (κ1) is 22.2. The average molecular weight is 435 g/mol. The molecule has 28 heavy (non-hydrogen) atoms. The number of aromatic nitrogens is 1. The van der Waals surface area contributed by atoms with Gasteiger partial charge in [-0.3, -0.25) is 0 Å². The van der Waals surface area contributed by atoms with E-state index < -0.39 is 21.7 Å². The lowest BCUT2D eigenvalue weighted by molar-refractivity contribution is -0.140. The summed E-state index contributed by atoms with van der Waals surface area (Å²) in [7, 11) is -3.35. The van der Waals surface area contributed by atoms with Gasteiger partial charge in [0.25, 0.3) is 0 Å². The monoisotopic (exact) mass is 434 g/mol. The van der Waals surface area contributed by atoms with Crippen LogP contribution in [0.2, 0.25) is 0 Å². The first-order valence-electron chi connectivity index (χ1n) is 8.54. The molecule has 6 nitrogen and oxygen atoms in total. The van der Waals surface area contributed by atoms with Gasteiger partial charge >= 0.3 is 6.18 Å². The Labute approximate surface area is 165 Å². The van der Waals surface area contributed by atoms with Gasteiger partial charge in [-0.1, -0.05) is 18.2 Å². The molecule has 0 radical (unpaired) electrons. The first-order valence-corrected chi connectivity index (χ1v) is 11.1. The Morgan fingerprint density at radius 2 is 1.93 bits per heavy atom. The number of nitrogens with zero attached hydrogens (tertiary/aromatic N) is 2. The fraction of sp³-hybridized carbons (Fsp3) is 0.412. The van der Waals surface area contributed by atoms with Crippen molar-refractivity contribution in [3.63, 3.8) is 0 Å². The fourth-order valence-corrected chi connectivity index (χ4v) is 4.27. The maximum Gasteiger partial charge on any atom is 0.434 e. The molecule has 0 aliphatic rings. The molecule has 2 N–H and O–H groups in total. The van der Waals surface area contributed by atoms with Gasteiger partial charge in [-0.15, -0.1) is 11.3 Å². The zero-order valence-corrected chi connectivity index (χ0v) is 16.8. The van der Waals surface area contributed by atoms with Gasteiger partial charge in [0.2, 0.25) is 0 Å². The van der Waals surface area contributed by atoms with Crippen molar-refractivity contribution in [2.24, 2.45) is 4.99 Å². The number of thiazole rings is 1. The molecule has 2 rings (SSSR count). The van der Waals surface area contributed by atoms with Gasteiger partial charge in [-0.05, 0) is 25.5 Å². The van der Waals surface area contributed by atoms with E-state index in [4.69, 9.17) is 0 Å². The maximum atomic E-state index is 12.6. The lowest BCUT2D eigenvalue weighted by Gasteiger charge is -2.11. The number of halogens is 3. The van der Waals surface area contributed by atoms with Crippen molar-refractivity contribution in [2.45, 2.75) is 31.0 Å². The van der Waals surface area contributed by atoms with E-state index in [9.17, 15) is 21.6 Å². The lowest BCUT2D eigenvalue weighted by Crippen LogP contribution is -2.38. The standard InChI is InChI=1S/C17H21F3N4O2S2/c1-2-21-16(23-11-15-24-14(12-27-15)17(18,19)20)22-9-6-10-28(25,26)13-7-4-3-5-8-13/h3-5,7-8,12H,2,6,9-11H2,1H3,(H2,21,22,23). The molecule has 0 spiro atoms. The van der Waals surface area contributed by atoms with Crippen LogP contribution in [-0.4, -0.2) is 38.2 Å². The molecule has 0 unspecified atom stereocenters. The van der Waals surface area contributed by atoms with Crippen molar-refractivity contribution < 1.29 is 21.6 Å². The Kier molecular flexibility index (Phi) is 7.81. The first-order chi connectivity index (χ1) is 13.2. The Hall–Kier alpha value is -2.14. The van der Waals surface area contributed by atoms with Crippen molar-refractivity contribution in [2.75, 3.05) is 18.8 Å². The summed E-state index contributed by atoms with van der Waals surface area (Å²) in [5.41, 5.74) is -0.924. The van der Waals surface area contributed by atoms with Crippen molar-refractivity contribution in [3.05, 3.63) is 46.4 Å². The lowest BCUT2D eigenvalue weighted by atomic mass is 10.4. The van der Waals surface area contributed by atoms with Gasteiger partial charge < -0.3 is 10.6 Å². The molecule has 1 aromatic heterocycles. The van der Waals surface area contributed by atoms with Crippen LogP contribution in [0.4, 0.5) is 13.2 Å². The number of benzene rings is 1. The molecular formula is C17H21F3N4O2S2. The summed E-state index contributed by atoms with van der Waals surface area (Å²) in [5, 5.41) is 7.15. The fourth-order valence-electron chi connectivity index (χ4n) is 2.22. The molecule has 11 heteroatoms. The Bertz CT molecular complexity index is 881. The Morgan fingerprint density at radius 1 is 1.21 bits per heavy atom. The quantitative estimate of drug-likeness (QED) is 0.379. The molecule has 0 saturated heterocycles. The van der Waals surface area contributed by atoms with Crippen molar-refractivity contribution >= 4 is 27.1 Å². The van der Waals surface area contributed by atoms with Crippen LogP contribution in [0.15, 0.2) is 45.6 Å². The van der Waals surface area contributed by atoms with Gasteiger partial charge in [0, 0.05) is 18.5 Å². The highest BCUT2D eigenvalue weighted by molar-refractivity contribution is 7.91. The second kappa shape index (κ2) is 9.87. The van der Waals surface area contributed by atoms with Crippen molar-refractivity contribution in [1.29, 1.82) is 0 Å². The molecule has 2 aromatic rings. The summed E-state index contributed by atoms with van der Waals surface area (Å²) in [4.78, 5) is 8.00. The molecule has 0 fully saturated rings. The maximum absolute atomic E-state index is 12.6. The molecule has 0 amide bonds. The van der Waals surface area contributed by atoms with Crippen molar-refractivity contribution in [3.8, 4) is 0 Å². The summed E-state index contributed by atoms with van der Waals surface area (Å²) in [5.74, 6) is 0.369. The highest BCUT2D eigenvalue weighted by atomic mass is 32.2. The number of alkyl halides is 3. The van der Waals surface area contributed by atoms with E-state index in [0.717, 1.165) is 16.7 Å². The van der Waals surface area contributed by atoms with Gasteiger partial charge in [0.1, 0.15) is 5.01 Å². The zero-order valence-electron chi connectivity index (χ0n) is 15.2. The molecule has 154 valence electrons. The van der Waals surface area contributed by atoms with E-state index in [-0.39, 0.29) is 22.2 Å². The smallest absolute Gasteiger partial charge is 0.357 e. The van der Waals surface area contributed by atoms with E-state index in [1.165, 1.54) is 0 Å². The highest BCUT2D eigenvalue weighted by Crippen LogP contribution is 2.30. The van der Waals surface area contributed by atoms with Crippen LogP contribution in [0.5, 0.6) is 0 Å². The Balaban J connectivity index is 1.87. The van der Waals surface area contributed by atoms with E-state index in [0.29, 0.717) is 25.5 Å². The molecule has 0 aliphatic carbocycles.